The number of nitrogens with one attached hydrogen (secondary N) is 2. The molecular weight excluding hydrogens is 416 g/mol. The van der Waals surface area contributed by atoms with E-state index < -0.39 is 78.6 Å². The molecule has 0 bridgehead atoms. The SMILES string of the molecule is CC(O)C(NC(=O)C1CCCN1C(=O)C(N)CC(N)=O)C(=O)NC(CC(N)=O)C(=O)O. The summed E-state index contributed by atoms with van der Waals surface area (Å²) in [6.07, 6.45) is -1.83. The van der Waals surface area contributed by atoms with Crippen molar-refractivity contribution in [2.75, 3.05) is 6.54 Å². The molecule has 10 N–H and O–H groups in total. The highest BCUT2D eigenvalue weighted by Gasteiger charge is 2.39. The van der Waals surface area contributed by atoms with Gasteiger partial charge in [-0.25, -0.2) is 4.79 Å². The summed E-state index contributed by atoms with van der Waals surface area (Å²) in [6.45, 7) is 1.38. The van der Waals surface area contributed by atoms with Gasteiger partial charge in [0.1, 0.15) is 18.1 Å². The Morgan fingerprint density at radius 1 is 1.06 bits per heavy atom. The fourth-order valence-corrected chi connectivity index (χ4v) is 3.14. The average Bonchev–Trinajstić information content (AvgIpc) is 3.13. The van der Waals surface area contributed by atoms with Gasteiger partial charge in [-0.2, -0.15) is 0 Å². The fourth-order valence-electron chi connectivity index (χ4n) is 3.14. The predicted molar refractivity (Wildman–Crippen MR) is 104 cm³/mol. The number of carbonyl (C=O) groups excluding carboxylic acids is 5. The van der Waals surface area contributed by atoms with E-state index >= 15 is 0 Å². The number of aliphatic hydroxyl groups excluding tert-OH is 1. The molecule has 1 rings (SSSR count). The number of aliphatic hydroxyl groups is 1. The maximum atomic E-state index is 12.7. The van der Waals surface area contributed by atoms with E-state index in [4.69, 9.17) is 22.3 Å². The lowest BCUT2D eigenvalue weighted by molar-refractivity contribution is -0.145. The molecule has 5 atom stereocenters. The first-order valence-corrected chi connectivity index (χ1v) is 9.49. The van der Waals surface area contributed by atoms with E-state index in [1.807, 2.05) is 5.32 Å². The summed E-state index contributed by atoms with van der Waals surface area (Å²) in [5, 5.41) is 23.3. The summed E-state index contributed by atoms with van der Waals surface area (Å²) >= 11 is 0. The number of primary amides is 2. The van der Waals surface area contributed by atoms with Crippen molar-refractivity contribution in [3.05, 3.63) is 0 Å². The largest absolute Gasteiger partial charge is 0.480 e. The smallest absolute Gasteiger partial charge is 0.326 e. The maximum Gasteiger partial charge on any atom is 0.326 e. The van der Waals surface area contributed by atoms with Crippen molar-refractivity contribution < 1.29 is 39.0 Å². The fraction of sp³-hybridized carbons (Fsp3) is 0.647. The van der Waals surface area contributed by atoms with Gasteiger partial charge in [-0.1, -0.05) is 0 Å². The van der Waals surface area contributed by atoms with Crippen molar-refractivity contribution in [1.82, 2.24) is 15.5 Å². The normalized spacial score (nSPS) is 19.6. The molecule has 31 heavy (non-hydrogen) atoms. The molecule has 0 aromatic rings. The summed E-state index contributed by atoms with van der Waals surface area (Å²) in [7, 11) is 0. The van der Waals surface area contributed by atoms with E-state index in [1.54, 1.807) is 0 Å². The molecule has 5 amide bonds. The van der Waals surface area contributed by atoms with E-state index in [2.05, 4.69) is 5.32 Å². The number of likely N-dealkylation sites (tertiary alicyclic amines) is 1. The van der Waals surface area contributed by atoms with Gasteiger partial charge in [0.2, 0.25) is 29.5 Å². The molecule has 1 saturated heterocycles. The van der Waals surface area contributed by atoms with Crippen LogP contribution in [0.5, 0.6) is 0 Å². The molecule has 1 aliphatic heterocycles. The minimum absolute atomic E-state index is 0.189. The number of hydrogen-bond donors (Lipinski definition) is 7. The Hall–Kier alpha value is -3.26. The maximum absolute atomic E-state index is 12.7. The molecule has 14 heteroatoms. The summed E-state index contributed by atoms with van der Waals surface area (Å²) in [6, 6.07) is -5.47. The second-order valence-corrected chi connectivity index (χ2v) is 7.26. The molecule has 1 heterocycles. The molecule has 0 aromatic carbocycles. The van der Waals surface area contributed by atoms with Crippen molar-refractivity contribution in [1.29, 1.82) is 0 Å². The van der Waals surface area contributed by atoms with Gasteiger partial charge in [0, 0.05) is 6.54 Å². The minimum Gasteiger partial charge on any atom is -0.480 e. The number of carboxylic acid groups (broad SMARTS) is 1. The monoisotopic (exact) mass is 444 g/mol. The van der Waals surface area contributed by atoms with Gasteiger partial charge in [-0.3, -0.25) is 24.0 Å². The molecule has 14 nitrogen and oxygen atoms in total. The second-order valence-electron chi connectivity index (χ2n) is 7.26. The molecule has 0 spiro atoms. The molecule has 0 aromatic heterocycles. The number of nitrogens with two attached hydrogens (primary N) is 3. The van der Waals surface area contributed by atoms with Crippen LogP contribution in [0.3, 0.4) is 0 Å². The lowest BCUT2D eigenvalue weighted by Crippen LogP contribution is -2.59. The van der Waals surface area contributed by atoms with Gasteiger partial charge in [0.25, 0.3) is 0 Å². The number of carboxylic acids is 1. The Bertz CT molecular complexity index is 742. The molecular formula is C17H28N6O8. The van der Waals surface area contributed by atoms with Gasteiger partial charge in [0.15, 0.2) is 0 Å². The van der Waals surface area contributed by atoms with Crippen LogP contribution in [0.25, 0.3) is 0 Å². The molecule has 0 saturated carbocycles. The lowest BCUT2D eigenvalue weighted by Gasteiger charge is -2.29. The number of hydrogen-bond acceptors (Lipinski definition) is 8. The van der Waals surface area contributed by atoms with Crippen LogP contribution in [0.15, 0.2) is 0 Å². The zero-order chi connectivity index (χ0) is 23.9. The number of aliphatic carboxylic acids is 1. The van der Waals surface area contributed by atoms with Crippen LogP contribution in [-0.4, -0.2) is 87.4 Å². The third kappa shape index (κ3) is 7.49. The van der Waals surface area contributed by atoms with Crippen molar-refractivity contribution in [2.45, 2.75) is 62.9 Å². The van der Waals surface area contributed by atoms with E-state index in [1.165, 1.54) is 6.92 Å². The molecule has 0 radical (unpaired) electrons. The summed E-state index contributed by atoms with van der Waals surface area (Å²) in [4.78, 5) is 71.9. The summed E-state index contributed by atoms with van der Waals surface area (Å²) in [5.74, 6) is -5.78. The van der Waals surface area contributed by atoms with Gasteiger partial charge in [-0.15, -0.1) is 0 Å². The van der Waals surface area contributed by atoms with Crippen LogP contribution in [0.2, 0.25) is 0 Å². The van der Waals surface area contributed by atoms with Crippen LogP contribution in [-0.2, 0) is 28.8 Å². The van der Waals surface area contributed by atoms with Crippen molar-refractivity contribution in [3.8, 4) is 0 Å². The lowest BCUT2D eigenvalue weighted by atomic mass is 10.1. The number of amides is 5. The molecule has 174 valence electrons. The number of carbonyl (C=O) groups is 6. The van der Waals surface area contributed by atoms with Gasteiger partial charge in [-0.05, 0) is 19.8 Å². The average molecular weight is 444 g/mol. The van der Waals surface area contributed by atoms with Gasteiger partial charge < -0.3 is 42.9 Å². The van der Waals surface area contributed by atoms with Crippen molar-refractivity contribution in [3.63, 3.8) is 0 Å². The van der Waals surface area contributed by atoms with E-state index in [-0.39, 0.29) is 13.0 Å². The summed E-state index contributed by atoms with van der Waals surface area (Å²) in [5.41, 5.74) is 15.7. The van der Waals surface area contributed by atoms with E-state index in [0.717, 1.165) is 4.90 Å². The Kier molecular flexibility index (Phi) is 9.33. The first kappa shape index (κ1) is 25.8. The van der Waals surface area contributed by atoms with Gasteiger partial charge in [0.05, 0.1) is 25.0 Å². The first-order chi connectivity index (χ1) is 14.3. The molecule has 1 aliphatic rings. The topological polar surface area (TPSA) is 248 Å². The Labute approximate surface area is 177 Å². The summed E-state index contributed by atoms with van der Waals surface area (Å²) < 4.78 is 0. The Balaban J connectivity index is 2.89. The van der Waals surface area contributed by atoms with Crippen LogP contribution >= 0.6 is 0 Å². The highest BCUT2D eigenvalue weighted by Crippen LogP contribution is 2.19. The van der Waals surface area contributed by atoms with Crippen molar-refractivity contribution in [2.24, 2.45) is 17.2 Å². The third-order valence-corrected chi connectivity index (χ3v) is 4.66. The van der Waals surface area contributed by atoms with Crippen molar-refractivity contribution >= 4 is 35.5 Å². The number of nitrogens with zero attached hydrogens (tertiary/aromatic N) is 1. The quantitative estimate of drug-likeness (QED) is 0.162. The van der Waals surface area contributed by atoms with Crippen LogP contribution < -0.4 is 27.8 Å². The Morgan fingerprint density at radius 3 is 2.13 bits per heavy atom. The highest BCUT2D eigenvalue weighted by atomic mass is 16.4. The third-order valence-electron chi connectivity index (χ3n) is 4.66. The zero-order valence-electron chi connectivity index (χ0n) is 16.9. The zero-order valence-corrected chi connectivity index (χ0v) is 16.9. The second kappa shape index (κ2) is 11.2. The molecule has 0 aliphatic carbocycles. The van der Waals surface area contributed by atoms with Crippen LogP contribution in [0.1, 0.15) is 32.6 Å². The number of rotatable bonds is 11. The van der Waals surface area contributed by atoms with Crippen LogP contribution in [0, 0.1) is 0 Å². The van der Waals surface area contributed by atoms with Gasteiger partial charge >= 0.3 is 5.97 Å². The molecule has 1 fully saturated rings. The Morgan fingerprint density at radius 2 is 1.65 bits per heavy atom. The standard InChI is InChI=1S/C17H28N6O8/c1-7(24)13(15(28)21-9(17(30)31)6-12(20)26)22-14(27)10-3-2-4-23(10)16(29)8(18)5-11(19)25/h7-10,13,24H,2-6,18H2,1H3,(H2,19,25)(H2,20,26)(H,21,28)(H,22,27)(H,30,31). The molecule has 5 unspecified atom stereocenters. The first-order valence-electron chi connectivity index (χ1n) is 9.49. The van der Waals surface area contributed by atoms with E-state index in [9.17, 15) is 33.9 Å². The van der Waals surface area contributed by atoms with E-state index in [0.29, 0.717) is 6.42 Å². The highest BCUT2D eigenvalue weighted by molar-refractivity contribution is 5.96. The predicted octanol–water partition coefficient (Wildman–Crippen LogP) is -4.51. The van der Waals surface area contributed by atoms with Crippen LogP contribution in [0.4, 0.5) is 0 Å². The minimum atomic E-state index is -1.65.